The minimum absolute atomic E-state index is 0.154. The number of oxime groups is 1. The number of ether oxygens (including phenoxy) is 1. The van der Waals surface area contributed by atoms with E-state index >= 15 is 0 Å². The monoisotopic (exact) mass is 235 g/mol. The molecular formula is C12H13NO4. The molecule has 1 rings (SSSR count). The highest BCUT2D eigenvalue weighted by Crippen LogP contribution is 2.13. The summed E-state index contributed by atoms with van der Waals surface area (Å²) in [5.41, 5.74) is 0.242. The lowest BCUT2D eigenvalue weighted by atomic mass is 10.1. The van der Waals surface area contributed by atoms with Crippen LogP contribution in [0.25, 0.3) is 0 Å². The van der Waals surface area contributed by atoms with E-state index < -0.39 is 5.97 Å². The van der Waals surface area contributed by atoms with E-state index in [-0.39, 0.29) is 12.3 Å². The highest BCUT2D eigenvalue weighted by molar-refractivity contribution is 6.42. The number of rotatable bonds is 6. The van der Waals surface area contributed by atoms with Gasteiger partial charge in [-0.3, -0.25) is 0 Å². The predicted octanol–water partition coefficient (Wildman–Crippen LogP) is 1.69. The predicted molar refractivity (Wildman–Crippen MR) is 63.3 cm³/mol. The number of carboxylic acid groups (broad SMARTS) is 1. The van der Waals surface area contributed by atoms with E-state index in [0.717, 1.165) is 0 Å². The van der Waals surface area contributed by atoms with Gasteiger partial charge in [0.15, 0.2) is 5.71 Å². The Balaban J connectivity index is 3.00. The van der Waals surface area contributed by atoms with Crippen molar-refractivity contribution in [3.8, 4) is 5.75 Å². The van der Waals surface area contributed by atoms with E-state index in [9.17, 15) is 4.79 Å². The van der Waals surface area contributed by atoms with Gasteiger partial charge in [-0.25, -0.2) is 4.79 Å². The summed E-state index contributed by atoms with van der Waals surface area (Å²) in [7, 11) is 1.50. The highest BCUT2D eigenvalue weighted by Gasteiger charge is 2.14. The van der Waals surface area contributed by atoms with Crippen molar-refractivity contribution in [3.63, 3.8) is 0 Å². The van der Waals surface area contributed by atoms with Gasteiger partial charge in [-0.2, -0.15) is 0 Å². The average Bonchev–Trinajstić information content (AvgIpc) is 2.34. The first-order valence-corrected chi connectivity index (χ1v) is 4.87. The van der Waals surface area contributed by atoms with Gasteiger partial charge in [-0.15, -0.1) is 0 Å². The second-order valence-electron chi connectivity index (χ2n) is 3.06. The maximum Gasteiger partial charge on any atom is 0.358 e. The molecule has 0 aliphatic rings. The number of nitrogens with zero attached hydrogens (tertiary/aromatic N) is 1. The molecule has 0 fully saturated rings. The number of aliphatic carboxylic acids is 1. The number of benzene rings is 1. The smallest absolute Gasteiger partial charge is 0.358 e. The van der Waals surface area contributed by atoms with Gasteiger partial charge in [0.1, 0.15) is 12.4 Å². The lowest BCUT2D eigenvalue weighted by Crippen LogP contribution is -2.15. The molecule has 0 atom stereocenters. The second kappa shape index (κ2) is 6.32. The Bertz CT molecular complexity index is 440. The molecule has 0 radical (unpaired) electrons. The standard InChI is InChI=1S/C12H13NO4/c1-3-7-17-13-11(12(14)15)9-5-4-6-10(8-9)16-2/h3-6,8H,1,7H2,2H3,(H,14,15). The molecule has 17 heavy (non-hydrogen) atoms. The lowest BCUT2D eigenvalue weighted by Gasteiger charge is -2.04. The van der Waals surface area contributed by atoms with Gasteiger partial charge in [0.2, 0.25) is 0 Å². The molecule has 1 aromatic carbocycles. The number of hydrogen-bond acceptors (Lipinski definition) is 4. The van der Waals surface area contributed by atoms with E-state index in [1.165, 1.54) is 13.2 Å². The summed E-state index contributed by atoms with van der Waals surface area (Å²) < 4.78 is 5.01. The van der Waals surface area contributed by atoms with E-state index in [4.69, 9.17) is 14.7 Å². The molecule has 0 amide bonds. The van der Waals surface area contributed by atoms with Crippen molar-refractivity contribution in [1.29, 1.82) is 0 Å². The van der Waals surface area contributed by atoms with Crippen LogP contribution < -0.4 is 4.74 Å². The molecule has 5 heteroatoms. The first-order valence-electron chi connectivity index (χ1n) is 4.87. The Morgan fingerprint density at radius 1 is 1.59 bits per heavy atom. The summed E-state index contributed by atoms with van der Waals surface area (Å²) in [6.07, 6.45) is 1.48. The molecule has 5 nitrogen and oxygen atoms in total. The number of carbonyl (C=O) groups is 1. The van der Waals surface area contributed by atoms with E-state index in [1.807, 2.05) is 0 Å². The zero-order valence-electron chi connectivity index (χ0n) is 9.42. The van der Waals surface area contributed by atoms with Gasteiger partial charge >= 0.3 is 5.97 Å². The van der Waals surface area contributed by atoms with Gasteiger partial charge in [0, 0.05) is 5.56 Å². The molecule has 0 aliphatic heterocycles. The fraction of sp³-hybridized carbons (Fsp3) is 0.167. The van der Waals surface area contributed by atoms with E-state index in [1.54, 1.807) is 24.3 Å². The Morgan fingerprint density at radius 2 is 2.35 bits per heavy atom. The van der Waals surface area contributed by atoms with Crippen LogP contribution in [0, 0.1) is 0 Å². The van der Waals surface area contributed by atoms with Crippen molar-refractivity contribution in [1.82, 2.24) is 0 Å². The Labute approximate surface area is 99.0 Å². The molecule has 0 bridgehead atoms. The van der Waals surface area contributed by atoms with Crippen LogP contribution in [-0.2, 0) is 9.63 Å². The summed E-state index contributed by atoms with van der Waals surface area (Å²) in [4.78, 5) is 15.8. The van der Waals surface area contributed by atoms with Crippen LogP contribution in [0.4, 0.5) is 0 Å². The van der Waals surface area contributed by atoms with E-state index in [2.05, 4.69) is 11.7 Å². The minimum Gasteiger partial charge on any atom is -0.497 e. The van der Waals surface area contributed by atoms with Crippen LogP contribution in [0.15, 0.2) is 42.1 Å². The van der Waals surface area contributed by atoms with Crippen molar-refractivity contribution in [2.24, 2.45) is 5.16 Å². The summed E-state index contributed by atoms with van der Waals surface area (Å²) in [5.74, 6) is -0.609. The molecule has 1 N–H and O–H groups in total. The first-order chi connectivity index (χ1) is 8.19. The molecule has 90 valence electrons. The number of methoxy groups -OCH3 is 1. The van der Waals surface area contributed by atoms with Crippen LogP contribution in [0.1, 0.15) is 5.56 Å². The molecule has 0 heterocycles. The topological polar surface area (TPSA) is 68.1 Å². The summed E-state index contributed by atoms with van der Waals surface area (Å²) in [5, 5.41) is 12.6. The SMILES string of the molecule is C=CCON=C(C(=O)O)c1cccc(OC)c1. The van der Waals surface area contributed by atoms with Crippen molar-refractivity contribution < 1.29 is 19.5 Å². The molecule has 1 aromatic rings. The highest BCUT2D eigenvalue weighted by atomic mass is 16.6. The number of carboxylic acids is 1. The zero-order chi connectivity index (χ0) is 12.7. The first kappa shape index (κ1) is 12.8. The molecule has 0 aliphatic carbocycles. The van der Waals surface area contributed by atoms with Gasteiger partial charge in [-0.1, -0.05) is 29.9 Å². The summed E-state index contributed by atoms with van der Waals surface area (Å²) >= 11 is 0. The van der Waals surface area contributed by atoms with Crippen LogP contribution in [0.2, 0.25) is 0 Å². The minimum atomic E-state index is -1.16. The Morgan fingerprint density at radius 3 is 2.94 bits per heavy atom. The third kappa shape index (κ3) is 3.64. The van der Waals surface area contributed by atoms with Gasteiger partial charge < -0.3 is 14.7 Å². The third-order valence-electron chi connectivity index (χ3n) is 1.89. The quantitative estimate of drug-likeness (QED) is 0.352. The molecule has 0 unspecified atom stereocenters. The molecule has 0 saturated heterocycles. The van der Waals surface area contributed by atoms with Crippen LogP contribution >= 0.6 is 0 Å². The van der Waals surface area contributed by atoms with Crippen LogP contribution in [0.3, 0.4) is 0 Å². The molecule has 0 saturated carbocycles. The van der Waals surface area contributed by atoms with Crippen LogP contribution in [0.5, 0.6) is 5.75 Å². The molecule has 0 aromatic heterocycles. The summed E-state index contributed by atoms with van der Waals surface area (Å²) in [6.45, 7) is 3.59. The molecule has 0 spiro atoms. The average molecular weight is 235 g/mol. The van der Waals surface area contributed by atoms with Crippen molar-refractivity contribution in [2.45, 2.75) is 0 Å². The lowest BCUT2D eigenvalue weighted by molar-refractivity contribution is -0.129. The second-order valence-corrected chi connectivity index (χ2v) is 3.06. The van der Waals surface area contributed by atoms with Gasteiger partial charge in [0.05, 0.1) is 7.11 Å². The Hall–Kier alpha value is -2.30. The maximum absolute atomic E-state index is 11.0. The Kier molecular flexibility index (Phi) is 4.75. The van der Waals surface area contributed by atoms with Crippen molar-refractivity contribution in [2.75, 3.05) is 13.7 Å². The van der Waals surface area contributed by atoms with E-state index in [0.29, 0.717) is 11.3 Å². The fourth-order valence-corrected chi connectivity index (χ4v) is 1.14. The summed E-state index contributed by atoms with van der Waals surface area (Å²) in [6, 6.07) is 6.59. The normalized spacial score (nSPS) is 10.8. The maximum atomic E-state index is 11.0. The van der Waals surface area contributed by atoms with Gasteiger partial charge in [0.25, 0.3) is 0 Å². The van der Waals surface area contributed by atoms with Crippen molar-refractivity contribution in [3.05, 3.63) is 42.5 Å². The number of hydrogen-bond donors (Lipinski definition) is 1. The van der Waals surface area contributed by atoms with Gasteiger partial charge in [-0.05, 0) is 12.1 Å². The molecular weight excluding hydrogens is 222 g/mol. The third-order valence-corrected chi connectivity index (χ3v) is 1.89. The largest absolute Gasteiger partial charge is 0.497 e. The fourth-order valence-electron chi connectivity index (χ4n) is 1.14. The zero-order valence-corrected chi connectivity index (χ0v) is 9.42. The van der Waals surface area contributed by atoms with Crippen molar-refractivity contribution >= 4 is 11.7 Å². The van der Waals surface area contributed by atoms with Crippen LogP contribution in [-0.4, -0.2) is 30.5 Å².